The van der Waals surface area contributed by atoms with Crippen LogP contribution in [0.5, 0.6) is 0 Å². The summed E-state index contributed by atoms with van der Waals surface area (Å²) in [6.45, 7) is 2.59. The topological polar surface area (TPSA) is 139 Å². The minimum atomic E-state index is -1.31. The number of carbonyl (C=O) groups excluding carboxylic acids is 1. The van der Waals surface area contributed by atoms with Gasteiger partial charge in [-0.15, -0.1) is 10.2 Å². The number of aromatic amines is 2. The highest BCUT2D eigenvalue weighted by Gasteiger charge is 2.46. The van der Waals surface area contributed by atoms with Crippen molar-refractivity contribution in [2.24, 2.45) is 0 Å². The van der Waals surface area contributed by atoms with Gasteiger partial charge in [-0.05, 0) is 35.4 Å². The van der Waals surface area contributed by atoms with E-state index in [0.29, 0.717) is 30.3 Å². The lowest BCUT2D eigenvalue weighted by molar-refractivity contribution is -0.149. The smallest absolute Gasteiger partial charge is 0.332 e. The average molecular weight is 574 g/mol. The number of nitrogens with zero attached hydrogens (tertiary/aromatic N) is 6. The predicted molar refractivity (Wildman–Crippen MR) is 155 cm³/mol. The second-order valence-electron chi connectivity index (χ2n) is 9.69. The van der Waals surface area contributed by atoms with E-state index in [2.05, 4.69) is 67.1 Å². The van der Waals surface area contributed by atoms with E-state index >= 15 is 0 Å². The molecule has 5 rings (SSSR count). The molecule has 0 aliphatic rings. The maximum Gasteiger partial charge on any atom is 0.332 e. The number of aryl methyl sites for hydroxylation is 1. The van der Waals surface area contributed by atoms with Gasteiger partial charge in [0.2, 0.25) is 5.82 Å². The van der Waals surface area contributed by atoms with Crippen LogP contribution in [0.25, 0.3) is 22.5 Å². The zero-order valence-electron chi connectivity index (χ0n) is 23.2. The third-order valence-electron chi connectivity index (χ3n) is 7.23. The van der Waals surface area contributed by atoms with Crippen LogP contribution in [0, 0.1) is 0 Å². The van der Waals surface area contributed by atoms with E-state index in [0.717, 1.165) is 40.9 Å². The van der Waals surface area contributed by atoms with E-state index in [9.17, 15) is 4.79 Å². The Bertz CT molecular complexity index is 1580. The molecule has 11 nitrogen and oxygen atoms in total. The molecule has 3 heterocycles. The number of ether oxygens (including phenoxy) is 1. The number of tetrazole rings is 1. The zero-order chi connectivity index (χ0) is 28.8. The van der Waals surface area contributed by atoms with Crippen molar-refractivity contribution < 1.29 is 9.53 Å². The molecule has 0 bridgehead atoms. The highest BCUT2D eigenvalue weighted by molar-refractivity contribution is 6.30. The number of unbranched alkanes of at least 4 members (excludes halogenated alkanes) is 1. The number of methoxy groups -OCH3 is 1. The second kappa shape index (κ2) is 12.4. The summed E-state index contributed by atoms with van der Waals surface area (Å²) in [5.74, 6) is 1.48. The van der Waals surface area contributed by atoms with Crippen LogP contribution in [0.15, 0.2) is 60.9 Å². The van der Waals surface area contributed by atoms with Gasteiger partial charge in [-0.3, -0.25) is 5.32 Å². The molecule has 0 spiro atoms. The van der Waals surface area contributed by atoms with E-state index in [4.69, 9.17) is 21.3 Å². The van der Waals surface area contributed by atoms with Gasteiger partial charge in [0.1, 0.15) is 11.6 Å². The largest absolute Gasteiger partial charge is 0.467 e. The second-order valence-corrected chi connectivity index (χ2v) is 10.1. The summed E-state index contributed by atoms with van der Waals surface area (Å²) >= 11 is 6.84. The Morgan fingerprint density at radius 1 is 1.15 bits per heavy atom. The molecule has 5 aromatic rings. The standard InChI is InChI=1S/C29H32ClN9O2/c1-4-5-10-24-34-26(30)25(29(31-2,28(40)41-3)17-23-32-15-16-33-23)39(24)18-19-11-13-20(14-12-19)21-8-6-7-9-22(21)27-35-37-38-36-27/h6-9,11-16,31H,4-5,10,17-18H2,1-3H3,(H,32,33)(H,35,36,37,38)/t29-/m1/s1. The lowest BCUT2D eigenvalue weighted by atomic mass is 9.90. The Balaban J connectivity index is 1.55. The van der Waals surface area contributed by atoms with Gasteiger partial charge in [0, 0.05) is 37.3 Å². The fourth-order valence-corrected chi connectivity index (χ4v) is 5.49. The fraction of sp³-hybridized carbons (Fsp3) is 0.310. The number of hydrogen-bond acceptors (Lipinski definition) is 8. The van der Waals surface area contributed by atoms with Crippen molar-refractivity contribution in [3.05, 3.63) is 89.0 Å². The van der Waals surface area contributed by atoms with Crippen molar-refractivity contribution in [2.75, 3.05) is 14.2 Å². The molecule has 0 aliphatic heterocycles. The molecule has 12 heteroatoms. The monoisotopic (exact) mass is 573 g/mol. The van der Waals surface area contributed by atoms with Crippen LogP contribution in [0.4, 0.5) is 0 Å². The number of carbonyl (C=O) groups is 1. The first-order valence-electron chi connectivity index (χ1n) is 13.4. The molecular formula is C29H32ClN9O2. The van der Waals surface area contributed by atoms with Crippen LogP contribution >= 0.6 is 11.6 Å². The number of nitrogens with one attached hydrogen (secondary N) is 3. The fourth-order valence-electron chi connectivity index (χ4n) is 5.13. The first kappa shape index (κ1) is 28.2. The molecule has 0 saturated carbocycles. The third kappa shape index (κ3) is 5.63. The molecule has 3 N–H and O–H groups in total. The molecule has 0 amide bonds. The summed E-state index contributed by atoms with van der Waals surface area (Å²) < 4.78 is 7.35. The summed E-state index contributed by atoms with van der Waals surface area (Å²) in [4.78, 5) is 25.7. The first-order chi connectivity index (χ1) is 20.0. The predicted octanol–water partition coefficient (Wildman–Crippen LogP) is 4.33. The minimum absolute atomic E-state index is 0.202. The van der Waals surface area contributed by atoms with Crippen molar-refractivity contribution in [1.29, 1.82) is 0 Å². The first-order valence-corrected chi connectivity index (χ1v) is 13.8. The highest BCUT2D eigenvalue weighted by atomic mass is 35.5. The summed E-state index contributed by atoms with van der Waals surface area (Å²) in [6, 6.07) is 16.2. The number of hydrogen-bond donors (Lipinski definition) is 3. The lowest BCUT2D eigenvalue weighted by Gasteiger charge is -2.31. The Morgan fingerprint density at radius 2 is 1.93 bits per heavy atom. The molecule has 0 radical (unpaired) electrons. The van der Waals surface area contributed by atoms with Crippen LogP contribution < -0.4 is 5.32 Å². The van der Waals surface area contributed by atoms with Crippen molar-refractivity contribution in [1.82, 2.24) is 45.5 Å². The van der Waals surface area contributed by atoms with Crippen LogP contribution in [0.2, 0.25) is 5.15 Å². The number of rotatable bonds is 12. The van der Waals surface area contributed by atoms with Gasteiger partial charge in [-0.1, -0.05) is 73.5 Å². The van der Waals surface area contributed by atoms with Gasteiger partial charge in [-0.2, -0.15) is 5.21 Å². The van der Waals surface area contributed by atoms with Gasteiger partial charge in [-0.25, -0.2) is 14.8 Å². The van der Waals surface area contributed by atoms with Gasteiger partial charge >= 0.3 is 5.97 Å². The van der Waals surface area contributed by atoms with Crippen molar-refractivity contribution in [3.8, 4) is 22.5 Å². The average Bonchev–Trinajstić information content (AvgIpc) is 3.78. The number of imidazole rings is 2. The zero-order valence-corrected chi connectivity index (χ0v) is 23.9. The summed E-state index contributed by atoms with van der Waals surface area (Å²) in [6.07, 6.45) is 6.21. The van der Waals surface area contributed by atoms with Crippen molar-refractivity contribution in [3.63, 3.8) is 0 Å². The Kier molecular flexibility index (Phi) is 8.55. The van der Waals surface area contributed by atoms with Crippen molar-refractivity contribution in [2.45, 2.75) is 44.7 Å². The van der Waals surface area contributed by atoms with Gasteiger partial charge in [0.05, 0.1) is 12.8 Å². The van der Waals surface area contributed by atoms with Gasteiger partial charge < -0.3 is 14.3 Å². The van der Waals surface area contributed by atoms with E-state index in [1.807, 2.05) is 28.8 Å². The number of benzene rings is 2. The van der Waals surface area contributed by atoms with Crippen LogP contribution in [0.3, 0.4) is 0 Å². The Hall–Kier alpha value is -4.35. The molecule has 2 aromatic carbocycles. The SMILES string of the molecule is CCCCc1nc(Cl)c([C@@](Cc2ncc[nH]2)(NC)C(=O)OC)n1Cc1ccc(-c2ccccc2-c2nn[nH]n2)cc1. The van der Waals surface area contributed by atoms with Gasteiger partial charge in [0.25, 0.3) is 0 Å². The van der Waals surface area contributed by atoms with Crippen LogP contribution in [-0.2, 0) is 34.5 Å². The molecule has 0 unspecified atom stereocenters. The molecule has 3 aromatic heterocycles. The molecule has 1 atom stereocenters. The molecule has 0 fully saturated rings. The third-order valence-corrected chi connectivity index (χ3v) is 7.49. The summed E-state index contributed by atoms with van der Waals surface area (Å²) in [5, 5.41) is 18.0. The van der Waals surface area contributed by atoms with Crippen molar-refractivity contribution >= 4 is 17.6 Å². The number of likely N-dealkylation sites (N-methyl/N-ethyl adjacent to an activating group) is 1. The van der Waals surface area contributed by atoms with Gasteiger partial charge in [0.15, 0.2) is 10.7 Å². The number of H-pyrrole nitrogens is 2. The van der Waals surface area contributed by atoms with Crippen LogP contribution in [-0.4, -0.2) is 60.3 Å². The number of halogens is 1. The van der Waals surface area contributed by atoms with Crippen LogP contribution in [0.1, 0.15) is 42.7 Å². The normalized spacial score (nSPS) is 12.8. The molecule has 212 valence electrons. The summed E-state index contributed by atoms with van der Waals surface area (Å²) in [5.41, 5.74) is 3.14. The Labute approximate surface area is 242 Å². The Morgan fingerprint density at radius 3 is 2.56 bits per heavy atom. The minimum Gasteiger partial charge on any atom is -0.467 e. The van der Waals surface area contributed by atoms with E-state index in [1.54, 1.807) is 19.4 Å². The highest BCUT2D eigenvalue weighted by Crippen LogP contribution is 2.35. The van der Waals surface area contributed by atoms with E-state index < -0.39 is 11.5 Å². The molecule has 41 heavy (non-hydrogen) atoms. The molecular weight excluding hydrogens is 542 g/mol. The number of esters is 1. The number of aromatic nitrogens is 8. The molecule has 0 saturated heterocycles. The maximum atomic E-state index is 13.5. The van der Waals surface area contributed by atoms with E-state index in [1.165, 1.54) is 7.11 Å². The molecule has 0 aliphatic carbocycles. The lowest BCUT2D eigenvalue weighted by Crippen LogP contribution is -2.51. The summed E-state index contributed by atoms with van der Waals surface area (Å²) in [7, 11) is 3.09. The van der Waals surface area contributed by atoms with E-state index in [-0.39, 0.29) is 11.6 Å². The quantitative estimate of drug-likeness (QED) is 0.187. The maximum absolute atomic E-state index is 13.5.